The predicted octanol–water partition coefficient (Wildman–Crippen LogP) is 2.29. The number of halogens is 1. The quantitative estimate of drug-likeness (QED) is 0.923. The molecule has 0 bridgehead atoms. The van der Waals surface area contributed by atoms with Crippen molar-refractivity contribution in [2.24, 2.45) is 11.7 Å². The number of nitrogens with two attached hydrogens (primary N) is 1. The molecule has 2 heterocycles. The van der Waals surface area contributed by atoms with Gasteiger partial charge in [0.05, 0.1) is 16.4 Å². The maximum Gasteiger partial charge on any atom is 0.0863 e. The molecule has 1 aromatic heterocycles. The molecule has 1 fully saturated rings. The minimum absolute atomic E-state index is 0.283. The zero-order valence-electron chi connectivity index (χ0n) is 12.2. The van der Waals surface area contributed by atoms with Crippen molar-refractivity contribution < 1.29 is 0 Å². The van der Waals surface area contributed by atoms with E-state index in [1.165, 1.54) is 0 Å². The van der Waals surface area contributed by atoms with Gasteiger partial charge in [-0.2, -0.15) is 5.10 Å². The Morgan fingerprint density at radius 1 is 1.37 bits per heavy atom. The fourth-order valence-corrected chi connectivity index (χ4v) is 3.35. The second-order valence-electron chi connectivity index (χ2n) is 5.67. The summed E-state index contributed by atoms with van der Waals surface area (Å²) < 4.78 is 2.03. The molecule has 2 atom stereocenters. The molecule has 1 saturated heterocycles. The third kappa shape index (κ3) is 3.30. The highest BCUT2D eigenvalue weighted by Crippen LogP contribution is 2.25. The molecular weight excluding hydrogens is 260 g/mol. The average Bonchev–Trinajstić information content (AvgIpc) is 2.65. The van der Waals surface area contributed by atoms with Gasteiger partial charge >= 0.3 is 0 Å². The number of aryl methyl sites for hydroxylation is 2. The largest absolute Gasteiger partial charge is 0.327 e. The molecule has 5 heteroatoms. The van der Waals surface area contributed by atoms with E-state index in [2.05, 4.69) is 30.8 Å². The Bertz CT molecular complexity index is 419. The van der Waals surface area contributed by atoms with Crippen LogP contribution >= 0.6 is 11.6 Å². The van der Waals surface area contributed by atoms with E-state index in [9.17, 15) is 0 Å². The van der Waals surface area contributed by atoms with Gasteiger partial charge in [0, 0.05) is 32.2 Å². The van der Waals surface area contributed by atoms with E-state index in [1.807, 2.05) is 4.68 Å². The molecule has 108 valence electrons. The van der Waals surface area contributed by atoms with E-state index in [1.54, 1.807) is 0 Å². The number of hydrogen-bond donors (Lipinski definition) is 1. The second kappa shape index (κ2) is 6.25. The molecule has 4 nitrogen and oxygen atoms in total. The average molecular weight is 285 g/mol. The van der Waals surface area contributed by atoms with Gasteiger partial charge < -0.3 is 5.73 Å². The topological polar surface area (TPSA) is 47.1 Å². The van der Waals surface area contributed by atoms with E-state index < -0.39 is 0 Å². The number of piperidine rings is 1. The minimum atomic E-state index is 0.283. The lowest BCUT2D eigenvalue weighted by atomic mass is 9.96. The van der Waals surface area contributed by atoms with Crippen LogP contribution in [0.25, 0.3) is 0 Å². The second-order valence-corrected chi connectivity index (χ2v) is 6.05. The highest BCUT2D eigenvalue weighted by atomic mass is 35.5. The molecule has 0 spiro atoms. The summed E-state index contributed by atoms with van der Waals surface area (Å²) in [5, 5.41) is 5.42. The molecule has 1 aliphatic rings. The summed E-state index contributed by atoms with van der Waals surface area (Å²) in [5.41, 5.74) is 8.26. The Labute approximate surface area is 120 Å². The molecule has 1 aromatic rings. The molecule has 0 aromatic carbocycles. The fourth-order valence-electron chi connectivity index (χ4n) is 3.02. The van der Waals surface area contributed by atoms with E-state index >= 15 is 0 Å². The van der Waals surface area contributed by atoms with Crippen LogP contribution in [0.5, 0.6) is 0 Å². The summed E-state index contributed by atoms with van der Waals surface area (Å²) in [6, 6.07) is 0.283. The van der Waals surface area contributed by atoms with Gasteiger partial charge in [0.25, 0.3) is 0 Å². The summed E-state index contributed by atoms with van der Waals surface area (Å²) in [6.45, 7) is 10.2. The Morgan fingerprint density at radius 3 is 2.68 bits per heavy atom. The Hall–Kier alpha value is -0.580. The summed E-state index contributed by atoms with van der Waals surface area (Å²) in [7, 11) is 0. The van der Waals surface area contributed by atoms with Crippen molar-refractivity contribution in [3.05, 3.63) is 16.4 Å². The number of likely N-dealkylation sites (tertiary alicyclic amines) is 1. The third-order valence-electron chi connectivity index (χ3n) is 3.84. The van der Waals surface area contributed by atoms with Crippen LogP contribution in [0.3, 0.4) is 0 Å². The summed E-state index contributed by atoms with van der Waals surface area (Å²) >= 11 is 6.46. The van der Waals surface area contributed by atoms with Crippen molar-refractivity contribution >= 4 is 11.6 Å². The van der Waals surface area contributed by atoms with Gasteiger partial charge in [-0.1, -0.05) is 25.4 Å². The van der Waals surface area contributed by atoms with Crippen LogP contribution in [0.4, 0.5) is 0 Å². The molecule has 2 unspecified atom stereocenters. The van der Waals surface area contributed by atoms with Gasteiger partial charge in [-0.25, -0.2) is 0 Å². The summed E-state index contributed by atoms with van der Waals surface area (Å²) in [6.07, 6.45) is 2.01. The minimum Gasteiger partial charge on any atom is -0.327 e. The van der Waals surface area contributed by atoms with Crippen LogP contribution in [0.2, 0.25) is 5.02 Å². The zero-order chi connectivity index (χ0) is 14.0. The predicted molar refractivity (Wildman–Crippen MR) is 79.3 cm³/mol. The van der Waals surface area contributed by atoms with E-state index in [4.69, 9.17) is 17.3 Å². The van der Waals surface area contributed by atoms with E-state index in [0.29, 0.717) is 5.92 Å². The van der Waals surface area contributed by atoms with Gasteiger partial charge in [0.15, 0.2) is 0 Å². The van der Waals surface area contributed by atoms with Crippen molar-refractivity contribution in [1.82, 2.24) is 14.7 Å². The molecular formula is C14H25ClN4. The maximum atomic E-state index is 6.46. The van der Waals surface area contributed by atoms with E-state index in [-0.39, 0.29) is 6.04 Å². The number of rotatable bonds is 4. The van der Waals surface area contributed by atoms with Crippen molar-refractivity contribution in [2.45, 2.75) is 52.7 Å². The molecule has 1 aliphatic heterocycles. The van der Waals surface area contributed by atoms with Crippen LogP contribution in [0, 0.1) is 5.92 Å². The number of aromatic nitrogens is 2. The van der Waals surface area contributed by atoms with Crippen molar-refractivity contribution in [2.75, 3.05) is 13.1 Å². The lowest BCUT2D eigenvalue weighted by Gasteiger charge is -2.34. The smallest absolute Gasteiger partial charge is 0.0863 e. The van der Waals surface area contributed by atoms with Gasteiger partial charge in [-0.15, -0.1) is 0 Å². The first-order chi connectivity index (χ1) is 9.05. The van der Waals surface area contributed by atoms with Crippen molar-refractivity contribution in [3.63, 3.8) is 0 Å². The summed E-state index contributed by atoms with van der Waals surface area (Å²) in [4.78, 5) is 2.41. The van der Waals surface area contributed by atoms with Gasteiger partial charge in [0.2, 0.25) is 0 Å². The standard InChI is InChI=1S/C14H25ClN4/c1-4-12-14(15)13(19(5-2)17-12)9-18-7-10(3)6-11(16)8-18/h10-11H,4-9,16H2,1-3H3. The first kappa shape index (κ1) is 14.8. The lowest BCUT2D eigenvalue weighted by molar-refractivity contribution is 0.154. The fraction of sp³-hybridized carbons (Fsp3) is 0.786. The first-order valence-electron chi connectivity index (χ1n) is 7.27. The highest BCUT2D eigenvalue weighted by Gasteiger charge is 2.24. The molecule has 0 amide bonds. The maximum absolute atomic E-state index is 6.46. The number of hydrogen-bond acceptors (Lipinski definition) is 3. The lowest BCUT2D eigenvalue weighted by Crippen LogP contribution is -2.46. The van der Waals surface area contributed by atoms with Crippen molar-refractivity contribution in [3.8, 4) is 0 Å². The Balaban J connectivity index is 2.16. The normalized spacial score (nSPS) is 24.9. The third-order valence-corrected chi connectivity index (χ3v) is 4.27. The molecule has 2 rings (SSSR count). The molecule has 0 saturated carbocycles. The van der Waals surface area contributed by atoms with Crippen LogP contribution in [0.15, 0.2) is 0 Å². The van der Waals surface area contributed by atoms with Crippen LogP contribution in [-0.4, -0.2) is 33.8 Å². The van der Waals surface area contributed by atoms with E-state index in [0.717, 1.165) is 55.4 Å². The number of nitrogens with zero attached hydrogens (tertiary/aromatic N) is 3. The first-order valence-corrected chi connectivity index (χ1v) is 7.64. The Morgan fingerprint density at radius 2 is 2.11 bits per heavy atom. The molecule has 19 heavy (non-hydrogen) atoms. The van der Waals surface area contributed by atoms with Crippen LogP contribution in [0.1, 0.15) is 38.6 Å². The van der Waals surface area contributed by atoms with Crippen molar-refractivity contribution in [1.29, 1.82) is 0 Å². The zero-order valence-corrected chi connectivity index (χ0v) is 13.0. The SMILES string of the molecule is CCc1nn(CC)c(CN2CC(C)CC(N)C2)c1Cl. The van der Waals surface area contributed by atoms with Gasteiger partial charge in [-0.3, -0.25) is 9.58 Å². The molecule has 2 N–H and O–H groups in total. The molecule has 0 aliphatic carbocycles. The highest BCUT2D eigenvalue weighted by molar-refractivity contribution is 6.31. The van der Waals surface area contributed by atoms with Crippen LogP contribution in [-0.2, 0) is 19.5 Å². The Kier molecular flexibility index (Phi) is 4.87. The summed E-state index contributed by atoms with van der Waals surface area (Å²) in [5.74, 6) is 0.658. The molecule has 0 radical (unpaired) electrons. The monoisotopic (exact) mass is 284 g/mol. The van der Waals surface area contributed by atoms with Gasteiger partial charge in [0.1, 0.15) is 0 Å². The van der Waals surface area contributed by atoms with Gasteiger partial charge in [-0.05, 0) is 25.7 Å². The van der Waals surface area contributed by atoms with Crippen LogP contribution < -0.4 is 5.73 Å².